The molecule has 1 aromatic heterocycles. The molecule has 1 unspecified atom stereocenters. The molecule has 0 aliphatic rings. The van der Waals surface area contributed by atoms with Crippen molar-refractivity contribution in [2.24, 2.45) is 0 Å². The van der Waals surface area contributed by atoms with Crippen LogP contribution in [0.25, 0.3) is 0 Å². The van der Waals surface area contributed by atoms with Gasteiger partial charge in [-0.3, -0.25) is 4.98 Å². The second-order valence-corrected chi connectivity index (χ2v) is 4.78. The summed E-state index contributed by atoms with van der Waals surface area (Å²) in [5, 5.41) is 12.5. The van der Waals surface area contributed by atoms with Crippen LogP contribution < -0.4 is 5.32 Å². The number of nitrogens with one attached hydrogen (secondary N) is 1. The van der Waals surface area contributed by atoms with Crippen molar-refractivity contribution in [3.8, 4) is 6.07 Å². The van der Waals surface area contributed by atoms with Gasteiger partial charge in [-0.15, -0.1) is 0 Å². The quantitative estimate of drug-likeness (QED) is 0.935. The number of benzene rings is 1. The summed E-state index contributed by atoms with van der Waals surface area (Å²) in [7, 11) is 0. The predicted molar refractivity (Wildman–Crippen MR) is 75.1 cm³/mol. The molecule has 0 amide bonds. The van der Waals surface area contributed by atoms with Gasteiger partial charge in [0.15, 0.2) is 0 Å². The Labute approximate surface area is 115 Å². The maximum Gasteiger partial charge on any atom is 0.103 e. The fraction of sp³-hybridized carbons (Fsp3) is 0.143. The Balaban J connectivity index is 2.25. The van der Waals surface area contributed by atoms with Crippen molar-refractivity contribution in [2.75, 3.05) is 5.32 Å². The Morgan fingerprint density at radius 3 is 2.83 bits per heavy atom. The number of nitriles is 1. The first-order valence-corrected chi connectivity index (χ1v) is 6.36. The molecule has 0 fully saturated rings. The molecule has 0 spiro atoms. The summed E-state index contributed by atoms with van der Waals surface area (Å²) in [6, 6.07) is 11.9. The average Bonchev–Trinajstić information content (AvgIpc) is 2.40. The summed E-state index contributed by atoms with van der Waals surface area (Å²) in [4.78, 5) is 4.09. The third kappa shape index (κ3) is 2.69. The molecule has 0 aliphatic carbocycles. The number of nitrogens with zero attached hydrogens (tertiary/aromatic N) is 2. The van der Waals surface area contributed by atoms with Crippen LogP contribution in [0.4, 0.5) is 5.69 Å². The molecular weight excluding hydrogens is 290 g/mol. The number of aromatic nitrogens is 1. The third-order valence-electron chi connectivity index (χ3n) is 2.68. The smallest absolute Gasteiger partial charge is 0.103 e. The van der Waals surface area contributed by atoms with Crippen LogP contribution in [0.1, 0.15) is 24.1 Å². The van der Waals surface area contributed by atoms with Crippen molar-refractivity contribution in [2.45, 2.75) is 13.0 Å². The Kier molecular flexibility index (Phi) is 3.96. The van der Waals surface area contributed by atoms with Crippen LogP contribution in [0.5, 0.6) is 0 Å². The monoisotopic (exact) mass is 301 g/mol. The lowest BCUT2D eigenvalue weighted by Gasteiger charge is -2.16. The molecule has 0 saturated carbocycles. The second kappa shape index (κ2) is 5.65. The maximum atomic E-state index is 9.15. The molecule has 2 aromatic rings. The summed E-state index contributed by atoms with van der Waals surface area (Å²) in [5.41, 5.74) is 2.53. The van der Waals surface area contributed by atoms with Crippen molar-refractivity contribution in [1.82, 2.24) is 4.98 Å². The van der Waals surface area contributed by atoms with Crippen LogP contribution in [0.2, 0.25) is 0 Å². The fourth-order valence-electron chi connectivity index (χ4n) is 1.71. The lowest BCUT2D eigenvalue weighted by atomic mass is 10.1. The van der Waals surface area contributed by atoms with Crippen molar-refractivity contribution < 1.29 is 0 Å². The van der Waals surface area contributed by atoms with E-state index in [4.69, 9.17) is 5.26 Å². The molecule has 4 heteroatoms. The van der Waals surface area contributed by atoms with Crippen molar-refractivity contribution in [1.29, 1.82) is 5.26 Å². The minimum Gasteiger partial charge on any atom is -0.377 e. The highest BCUT2D eigenvalue weighted by Gasteiger charge is 2.10. The van der Waals surface area contributed by atoms with Crippen LogP contribution in [0, 0.1) is 11.3 Å². The number of halogens is 1. The van der Waals surface area contributed by atoms with Gasteiger partial charge in [0.25, 0.3) is 0 Å². The fourth-order valence-corrected chi connectivity index (χ4v) is 2.16. The van der Waals surface area contributed by atoms with Gasteiger partial charge < -0.3 is 5.32 Å². The van der Waals surface area contributed by atoms with E-state index in [0.29, 0.717) is 5.56 Å². The number of anilines is 1. The molecule has 1 heterocycles. The van der Waals surface area contributed by atoms with Gasteiger partial charge in [-0.1, -0.05) is 12.1 Å². The van der Waals surface area contributed by atoms with Crippen LogP contribution in [-0.4, -0.2) is 4.98 Å². The molecule has 1 atom stereocenters. The van der Waals surface area contributed by atoms with Gasteiger partial charge >= 0.3 is 0 Å². The molecule has 3 nitrogen and oxygen atoms in total. The highest BCUT2D eigenvalue weighted by Crippen LogP contribution is 2.27. The van der Waals surface area contributed by atoms with E-state index in [1.54, 1.807) is 6.20 Å². The molecule has 1 N–H and O–H groups in total. The van der Waals surface area contributed by atoms with Gasteiger partial charge in [0.2, 0.25) is 0 Å². The van der Waals surface area contributed by atoms with Crippen LogP contribution >= 0.6 is 15.9 Å². The SMILES string of the molecule is CC(Nc1cccc(Br)c1C#N)c1cccnc1. The van der Waals surface area contributed by atoms with Gasteiger partial charge in [-0.05, 0) is 46.6 Å². The summed E-state index contributed by atoms with van der Waals surface area (Å²) < 4.78 is 0.799. The zero-order valence-corrected chi connectivity index (χ0v) is 11.5. The van der Waals surface area contributed by atoms with Gasteiger partial charge in [-0.2, -0.15) is 5.26 Å². The lowest BCUT2D eigenvalue weighted by molar-refractivity contribution is 0.875. The van der Waals surface area contributed by atoms with E-state index in [0.717, 1.165) is 15.7 Å². The summed E-state index contributed by atoms with van der Waals surface area (Å²) in [6.07, 6.45) is 3.57. The molecule has 0 aliphatic heterocycles. The number of rotatable bonds is 3. The number of pyridine rings is 1. The highest BCUT2D eigenvalue weighted by molar-refractivity contribution is 9.10. The average molecular weight is 302 g/mol. The second-order valence-electron chi connectivity index (χ2n) is 3.93. The Hall–Kier alpha value is -1.86. The highest BCUT2D eigenvalue weighted by atomic mass is 79.9. The van der Waals surface area contributed by atoms with E-state index in [1.807, 2.05) is 43.5 Å². The standard InChI is InChI=1S/C14H12BrN3/c1-10(11-4-3-7-17-9-11)18-14-6-2-5-13(15)12(14)8-16/h2-7,9-10,18H,1H3. The number of hydrogen-bond donors (Lipinski definition) is 1. The molecule has 0 bridgehead atoms. The lowest BCUT2D eigenvalue weighted by Crippen LogP contribution is -2.08. The first-order valence-electron chi connectivity index (χ1n) is 5.57. The zero-order valence-electron chi connectivity index (χ0n) is 9.89. The summed E-state index contributed by atoms with van der Waals surface area (Å²) >= 11 is 3.38. The topological polar surface area (TPSA) is 48.7 Å². The van der Waals surface area contributed by atoms with Gasteiger partial charge in [-0.25, -0.2) is 0 Å². The Morgan fingerprint density at radius 2 is 2.17 bits per heavy atom. The van der Waals surface area contributed by atoms with Crippen LogP contribution in [-0.2, 0) is 0 Å². The molecule has 90 valence electrons. The Bertz CT molecular complexity index is 575. The van der Waals surface area contributed by atoms with E-state index < -0.39 is 0 Å². The molecule has 0 saturated heterocycles. The third-order valence-corrected chi connectivity index (χ3v) is 3.34. The molecular formula is C14H12BrN3. The van der Waals surface area contributed by atoms with Crippen LogP contribution in [0.15, 0.2) is 47.2 Å². The van der Waals surface area contributed by atoms with Gasteiger partial charge in [0.1, 0.15) is 6.07 Å². The van der Waals surface area contributed by atoms with Gasteiger partial charge in [0.05, 0.1) is 17.3 Å². The summed E-state index contributed by atoms with van der Waals surface area (Å²) in [6.45, 7) is 2.04. The molecule has 18 heavy (non-hydrogen) atoms. The molecule has 1 aromatic carbocycles. The predicted octanol–water partition coefficient (Wildman–Crippen LogP) is 3.89. The minimum atomic E-state index is 0.0973. The van der Waals surface area contributed by atoms with Crippen molar-refractivity contribution in [3.05, 3.63) is 58.3 Å². The van der Waals surface area contributed by atoms with E-state index in [2.05, 4.69) is 32.3 Å². The summed E-state index contributed by atoms with van der Waals surface area (Å²) in [5.74, 6) is 0. The van der Waals surface area contributed by atoms with E-state index in [-0.39, 0.29) is 6.04 Å². The van der Waals surface area contributed by atoms with Crippen LogP contribution in [0.3, 0.4) is 0 Å². The maximum absolute atomic E-state index is 9.15. The Morgan fingerprint density at radius 1 is 1.33 bits per heavy atom. The zero-order chi connectivity index (χ0) is 13.0. The molecule has 2 rings (SSSR count). The van der Waals surface area contributed by atoms with E-state index in [9.17, 15) is 0 Å². The number of hydrogen-bond acceptors (Lipinski definition) is 3. The van der Waals surface area contributed by atoms with Crippen molar-refractivity contribution >= 4 is 21.6 Å². The molecule has 0 radical (unpaired) electrons. The first-order chi connectivity index (χ1) is 8.72. The minimum absolute atomic E-state index is 0.0973. The van der Waals surface area contributed by atoms with E-state index in [1.165, 1.54) is 0 Å². The first kappa shape index (κ1) is 12.6. The van der Waals surface area contributed by atoms with Crippen molar-refractivity contribution in [3.63, 3.8) is 0 Å². The largest absolute Gasteiger partial charge is 0.377 e. The van der Waals surface area contributed by atoms with Gasteiger partial charge in [0, 0.05) is 16.9 Å². The normalized spacial score (nSPS) is 11.6. The van der Waals surface area contributed by atoms with E-state index >= 15 is 0 Å².